The van der Waals surface area contributed by atoms with Crippen molar-refractivity contribution in [2.45, 2.75) is 25.9 Å². The standard InChI is InChI=1S/C14H22N4O4/c1-10(2)18-12(19)11-9-16(3-4-17(11)14(18)21)13(20)15-5-7-22-8-6-15/h10-11H,3-9H2,1-2H3/t11-/m1/s1. The fraction of sp³-hybridized carbons (Fsp3) is 0.786. The maximum atomic E-state index is 12.5. The molecule has 3 aliphatic heterocycles. The number of hydrogen-bond donors (Lipinski definition) is 0. The molecule has 1 atom stereocenters. The quantitative estimate of drug-likeness (QED) is 0.629. The van der Waals surface area contributed by atoms with Crippen LogP contribution < -0.4 is 0 Å². The molecule has 8 nitrogen and oxygen atoms in total. The molecule has 122 valence electrons. The van der Waals surface area contributed by atoms with Crippen molar-refractivity contribution in [1.82, 2.24) is 19.6 Å². The molecule has 0 aromatic rings. The number of fused-ring (bicyclic) bond motifs is 1. The molecule has 5 amide bonds. The number of amides is 5. The summed E-state index contributed by atoms with van der Waals surface area (Å²) in [6, 6.07) is -0.989. The topological polar surface area (TPSA) is 73.4 Å². The number of piperazine rings is 1. The van der Waals surface area contributed by atoms with E-state index in [-0.39, 0.29) is 30.6 Å². The molecule has 0 spiro atoms. The highest BCUT2D eigenvalue weighted by atomic mass is 16.5. The number of ether oxygens (including phenoxy) is 1. The van der Waals surface area contributed by atoms with Crippen LogP contribution in [0.3, 0.4) is 0 Å². The molecule has 0 aromatic carbocycles. The lowest BCUT2D eigenvalue weighted by Gasteiger charge is -2.39. The van der Waals surface area contributed by atoms with Gasteiger partial charge in [-0.1, -0.05) is 0 Å². The summed E-state index contributed by atoms with van der Waals surface area (Å²) in [6.07, 6.45) is 0. The Morgan fingerprint density at radius 3 is 2.41 bits per heavy atom. The third-order valence-electron chi connectivity index (χ3n) is 4.42. The van der Waals surface area contributed by atoms with E-state index in [0.717, 1.165) is 0 Å². The SMILES string of the molecule is CC(C)N1C(=O)[C@H]2CN(C(=O)N3CCOCC3)CCN2C1=O. The smallest absolute Gasteiger partial charge is 0.327 e. The molecule has 0 saturated carbocycles. The lowest BCUT2D eigenvalue weighted by atomic mass is 10.2. The molecule has 3 saturated heterocycles. The van der Waals surface area contributed by atoms with E-state index in [1.165, 1.54) is 4.90 Å². The van der Waals surface area contributed by atoms with Gasteiger partial charge in [-0.25, -0.2) is 9.59 Å². The zero-order valence-corrected chi connectivity index (χ0v) is 13.0. The highest BCUT2D eigenvalue weighted by Gasteiger charge is 2.49. The van der Waals surface area contributed by atoms with Crippen LogP contribution in [0.15, 0.2) is 0 Å². The average molecular weight is 310 g/mol. The normalized spacial score (nSPS) is 26.0. The maximum absolute atomic E-state index is 12.5. The lowest BCUT2D eigenvalue weighted by molar-refractivity contribution is -0.130. The first-order chi connectivity index (χ1) is 10.5. The van der Waals surface area contributed by atoms with Crippen LogP contribution in [0.25, 0.3) is 0 Å². The van der Waals surface area contributed by atoms with Crippen LogP contribution in [0.5, 0.6) is 0 Å². The van der Waals surface area contributed by atoms with Crippen LogP contribution in [0, 0.1) is 0 Å². The van der Waals surface area contributed by atoms with Crippen LogP contribution >= 0.6 is 0 Å². The van der Waals surface area contributed by atoms with Crippen molar-refractivity contribution < 1.29 is 19.1 Å². The van der Waals surface area contributed by atoms with Crippen molar-refractivity contribution in [2.75, 3.05) is 45.9 Å². The number of carbonyl (C=O) groups is 3. The molecule has 3 heterocycles. The Morgan fingerprint density at radius 2 is 1.77 bits per heavy atom. The molecule has 3 fully saturated rings. The van der Waals surface area contributed by atoms with Gasteiger partial charge in [0.25, 0.3) is 5.91 Å². The Labute approximate surface area is 129 Å². The highest BCUT2D eigenvalue weighted by Crippen LogP contribution is 2.24. The predicted octanol–water partition coefficient (Wildman–Crippen LogP) is -0.205. The first-order valence-electron chi connectivity index (χ1n) is 7.76. The third kappa shape index (κ3) is 2.41. The van der Waals surface area contributed by atoms with Crippen molar-refractivity contribution in [3.8, 4) is 0 Å². The Bertz CT molecular complexity index is 489. The Balaban J connectivity index is 1.69. The summed E-state index contributed by atoms with van der Waals surface area (Å²) < 4.78 is 5.25. The summed E-state index contributed by atoms with van der Waals surface area (Å²) in [5.41, 5.74) is 0. The van der Waals surface area contributed by atoms with E-state index in [2.05, 4.69) is 0 Å². The molecular weight excluding hydrogens is 288 g/mol. The van der Waals surface area contributed by atoms with Crippen molar-refractivity contribution in [3.63, 3.8) is 0 Å². The molecule has 0 unspecified atom stereocenters. The second kappa shape index (κ2) is 5.75. The summed E-state index contributed by atoms with van der Waals surface area (Å²) in [5, 5.41) is 0. The van der Waals surface area contributed by atoms with Gasteiger partial charge < -0.3 is 19.4 Å². The molecular formula is C14H22N4O4. The van der Waals surface area contributed by atoms with Gasteiger partial charge in [0.2, 0.25) is 0 Å². The number of urea groups is 2. The monoisotopic (exact) mass is 310 g/mol. The van der Waals surface area contributed by atoms with E-state index in [1.54, 1.807) is 14.7 Å². The summed E-state index contributed by atoms with van der Waals surface area (Å²) >= 11 is 0. The minimum atomic E-state index is -0.534. The van der Waals surface area contributed by atoms with Crippen molar-refractivity contribution >= 4 is 18.0 Å². The zero-order chi connectivity index (χ0) is 15.9. The summed E-state index contributed by atoms with van der Waals surface area (Å²) in [7, 11) is 0. The molecule has 8 heteroatoms. The van der Waals surface area contributed by atoms with E-state index in [4.69, 9.17) is 4.74 Å². The van der Waals surface area contributed by atoms with Crippen LogP contribution in [-0.2, 0) is 9.53 Å². The van der Waals surface area contributed by atoms with Crippen LogP contribution in [0.4, 0.5) is 9.59 Å². The van der Waals surface area contributed by atoms with E-state index < -0.39 is 6.04 Å². The first-order valence-corrected chi connectivity index (χ1v) is 7.76. The number of rotatable bonds is 1. The van der Waals surface area contributed by atoms with Gasteiger partial charge in [0.1, 0.15) is 6.04 Å². The number of imide groups is 1. The Kier molecular flexibility index (Phi) is 3.94. The van der Waals surface area contributed by atoms with E-state index in [9.17, 15) is 14.4 Å². The minimum Gasteiger partial charge on any atom is -0.378 e. The van der Waals surface area contributed by atoms with Crippen LogP contribution in [0.1, 0.15) is 13.8 Å². The van der Waals surface area contributed by atoms with Crippen LogP contribution in [-0.4, -0.2) is 95.6 Å². The average Bonchev–Trinajstić information content (AvgIpc) is 2.78. The molecule has 22 heavy (non-hydrogen) atoms. The van der Waals surface area contributed by atoms with Gasteiger partial charge in [0.15, 0.2) is 0 Å². The zero-order valence-electron chi connectivity index (χ0n) is 13.0. The molecule has 0 bridgehead atoms. The van der Waals surface area contributed by atoms with Crippen molar-refractivity contribution in [2.24, 2.45) is 0 Å². The molecule has 3 rings (SSSR count). The largest absolute Gasteiger partial charge is 0.378 e. The number of morpholine rings is 1. The number of nitrogens with zero attached hydrogens (tertiary/aromatic N) is 4. The van der Waals surface area contributed by atoms with Gasteiger partial charge in [0, 0.05) is 32.2 Å². The van der Waals surface area contributed by atoms with Crippen molar-refractivity contribution in [3.05, 3.63) is 0 Å². The van der Waals surface area contributed by atoms with Gasteiger partial charge >= 0.3 is 12.1 Å². The Morgan fingerprint density at radius 1 is 1.09 bits per heavy atom. The summed E-state index contributed by atoms with van der Waals surface area (Å²) in [4.78, 5) is 43.5. The Hall–Kier alpha value is -1.83. The minimum absolute atomic E-state index is 0.0637. The van der Waals surface area contributed by atoms with Gasteiger partial charge in [0.05, 0.1) is 19.8 Å². The van der Waals surface area contributed by atoms with Gasteiger partial charge in [-0.15, -0.1) is 0 Å². The molecule has 0 aliphatic carbocycles. The second-order valence-electron chi connectivity index (χ2n) is 6.12. The maximum Gasteiger partial charge on any atom is 0.327 e. The summed E-state index contributed by atoms with van der Waals surface area (Å²) in [5.74, 6) is -0.195. The summed E-state index contributed by atoms with van der Waals surface area (Å²) in [6.45, 7) is 7.07. The first kappa shape index (κ1) is 15.1. The highest BCUT2D eigenvalue weighted by molar-refractivity contribution is 6.05. The van der Waals surface area contributed by atoms with Gasteiger partial charge in [-0.3, -0.25) is 9.69 Å². The van der Waals surface area contributed by atoms with Gasteiger partial charge in [-0.05, 0) is 13.8 Å². The van der Waals surface area contributed by atoms with E-state index >= 15 is 0 Å². The predicted molar refractivity (Wildman–Crippen MR) is 77.2 cm³/mol. The van der Waals surface area contributed by atoms with E-state index in [0.29, 0.717) is 39.4 Å². The van der Waals surface area contributed by atoms with Crippen LogP contribution in [0.2, 0.25) is 0 Å². The van der Waals surface area contributed by atoms with E-state index in [1.807, 2.05) is 13.8 Å². The molecule has 0 N–H and O–H groups in total. The van der Waals surface area contributed by atoms with Gasteiger partial charge in [-0.2, -0.15) is 0 Å². The fourth-order valence-corrected chi connectivity index (χ4v) is 3.22. The number of hydrogen-bond acceptors (Lipinski definition) is 4. The molecule has 3 aliphatic rings. The lowest BCUT2D eigenvalue weighted by Crippen LogP contribution is -2.58. The molecule has 0 radical (unpaired) electrons. The number of carbonyl (C=O) groups excluding carboxylic acids is 3. The third-order valence-corrected chi connectivity index (χ3v) is 4.42. The molecule has 0 aromatic heterocycles. The fourth-order valence-electron chi connectivity index (χ4n) is 3.22. The second-order valence-corrected chi connectivity index (χ2v) is 6.12. The van der Waals surface area contributed by atoms with Crippen molar-refractivity contribution in [1.29, 1.82) is 0 Å².